The molecule has 1 aliphatic heterocycles. The summed E-state index contributed by atoms with van der Waals surface area (Å²) in [4.78, 5) is 15.9. The van der Waals surface area contributed by atoms with Gasteiger partial charge in [-0.2, -0.15) is 10.2 Å². The maximum absolute atomic E-state index is 13.6. The molecule has 1 fully saturated rings. The molecule has 5 aromatic rings. The van der Waals surface area contributed by atoms with E-state index in [2.05, 4.69) is 30.9 Å². The molecular weight excluding hydrogens is 510 g/mol. The summed E-state index contributed by atoms with van der Waals surface area (Å²) in [5.41, 5.74) is 5.79. The fraction of sp³-hybridized carbons (Fsp3) is 0.321. The molecule has 0 saturated carbocycles. The highest BCUT2D eigenvalue weighted by Crippen LogP contribution is 2.32. The predicted molar refractivity (Wildman–Crippen MR) is 149 cm³/mol. The molecule has 2 amide bonds. The summed E-state index contributed by atoms with van der Waals surface area (Å²) in [5, 5.41) is 23.4. The number of amides is 2. The molecule has 0 bridgehead atoms. The predicted octanol–water partition coefficient (Wildman–Crippen LogP) is 3.35. The summed E-state index contributed by atoms with van der Waals surface area (Å²) in [6.45, 7) is 4.81. The van der Waals surface area contributed by atoms with Gasteiger partial charge in [0, 0.05) is 57.0 Å². The van der Waals surface area contributed by atoms with Crippen molar-refractivity contribution in [3.63, 3.8) is 0 Å². The molecule has 4 heterocycles. The Bertz CT molecular complexity index is 1620. The van der Waals surface area contributed by atoms with Crippen LogP contribution in [0.25, 0.3) is 28.0 Å². The molecule has 0 radical (unpaired) electrons. The van der Waals surface area contributed by atoms with E-state index in [-0.39, 0.29) is 18.0 Å². The number of aryl methyl sites for hydroxylation is 1. The lowest BCUT2D eigenvalue weighted by Crippen LogP contribution is -2.42. The Morgan fingerprint density at radius 3 is 2.73 bits per heavy atom. The van der Waals surface area contributed by atoms with Crippen molar-refractivity contribution in [2.45, 2.75) is 18.9 Å². The first kappa shape index (κ1) is 25.7. The van der Waals surface area contributed by atoms with Crippen LogP contribution in [-0.4, -0.2) is 80.2 Å². The van der Waals surface area contributed by atoms with Crippen molar-refractivity contribution in [2.75, 3.05) is 38.7 Å². The molecule has 0 aliphatic carbocycles. The SMILES string of the molecule is COCCN1C[C@@H](NC(=O)Nc2c(C)c(-c3cnn(C)c3)nn2-c2ccccc2)[C@H](c2ccc3nonc3c2)C1. The molecule has 206 valence electrons. The average Bonchev–Trinajstić information content (AvgIpc) is 3.75. The number of para-hydroxylation sites is 1. The maximum atomic E-state index is 13.6. The highest BCUT2D eigenvalue weighted by Gasteiger charge is 2.35. The van der Waals surface area contributed by atoms with E-state index in [9.17, 15) is 4.79 Å². The van der Waals surface area contributed by atoms with Gasteiger partial charge in [0.05, 0.1) is 24.5 Å². The molecule has 12 nitrogen and oxygen atoms in total. The normalized spacial score (nSPS) is 17.5. The number of anilines is 1. The van der Waals surface area contributed by atoms with Crippen LogP contribution in [0.1, 0.15) is 17.0 Å². The fourth-order valence-electron chi connectivity index (χ4n) is 5.33. The molecule has 2 N–H and O–H groups in total. The third-order valence-electron chi connectivity index (χ3n) is 7.36. The van der Waals surface area contributed by atoms with Crippen LogP contribution >= 0.6 is 0 Å². The topological polar surface area (TPSA) is 128 Å². The number of hydrogen-bond donors (Lipinski definition) is 2. The zero-order chi connectivity index (χ0) is 27.6. The lowest BCUT2D eigenvalue weighted by molar-refractivity contribution is 0.159. The van der Waals surface area contributed by atoms with E-state index in [1.54, 1.807) is 22.7 Å². The third kappa shape index (κ3) is 5.06. The van der Waals surface area contributed by atoms with Gasteiger partial charge in [0.15, 0.2) is 0 Å². The minimum absolute atomic E-state index is 0.0507. The van der Waals surface area contributed by atoms with E-state index >= 15 is 0 Å². The van der Waals surface area contributed by atoms with Crippen molar-refractivity contribution in [2.24, 2.45) is 7.05 Å². The molecule has 1 aliphatic rings. The van der Waals surface area contributed by atoms with Crippen LogP contribution in [-0.2, 0) is 11.8 Å². The van der Waals surface area contributed by atoms with E-state index in [1.807, 2.05) is 68.7 Å². The highest BCUT2D eigenvalue weighted by molar-refractivity contribution is 5.91. The van der Waals surface area contributed by atoms with Crippen LogP contribution in [0.15, 0.2) is 65.6 Å². The first-order valence-corrected chi connectivity index (χ1v) is 13.1. The van der Waals surface area contributed by atoms with Crippen LogP contribution in [0.3, 0.4) is 0 Å². The van der Waals surface area contributed by atoms with Gasteiger partial charge in [-0.1, -0.05) is 24.3 Å². The first-order chi connectivity index (χ1) is 19.5. The minimum atomic E-state index is -0.300. The second-order valence-electron chi connectivity index (χ2n) is 10.0. The van der Waals surface area contributed by atoms with E-state index in [0.29, 0.717) is 30.0 Å². The van der Waals surface area contributed by atoms with Crippen LogP contribution in [0.4, 0.5) is 10.6 Å². The van der Waals surface area contributed by atoms with Crippen molar-refractivity contribution in [3.05, 3.63) is 72.1 Å². The van der Waals surface area contributed by atoms with Gasteiger partial charge in [0.25, 0.3) is 0 Å². The largest absolute Gasteiger partial charge is 0.383 e. The highest BCUT2D eigenvalue weighted by atomic mass is 16.6. The smallest absolute Gasteiger partial charge is 0.320 e. The van der Waals surface area contributed by atoms with Gasteiger partial charge < -0.3 is 10.1 Å². The first-order valence-electron chi connectivity index (χ1n) is 13.1. The van der Waals surface area contributed by atoms with E-state index in [1.165, 1.54) is 0 Å². The van der Waals surface area contributed by atoms with Crippen LogP contribution in [0.2, 0.25) is 0 Å². The molecule has 12 heteroatoms. The number of ether oxygens (including phenoxy) is 1. The van der Waals surface area contributed by atoms with Gasteiger partial charge in [-0.15, -0.1) is 0 Å². The summed E-state index contributed by atoms with van der Waals surface area (Å²) >= 11 is 0. The summed E-state index contributed by atoms with van der Waals surface area (Å²) in [5.74, 6) is 0.651. The molecule has 1 saturated heterocycles. The number of carbonyl (C=O) groups excluding carboxylic acids is 1. The molecule has 6 rings (SSSR count). The van der Waals surface area contributed by atoms with E-state index < -0.39 is 0 Å². The number of aromatic nitrogens is 6. The number of nitrogens with one attached hydrogen (secondary N) is 2. The number of nitrogens with zero attached hydrogens (tertiary/aromatic N) is 7. The maximum Gasteiger partial charge on any atom is 0.320 e. The van der Waals surface area contributed by atoms with Crippen LogP contribution in [0, 0.1) is 6.92 Å². The minimum Gasteiger partial charge on any atom is -0.383 e. The Kier molecular flexibility index (Phi) is 7.01. The molecule has 2 aromatic carbocycles. The van der Waals surface area contributed by atoms with Crippen LogP contribution < -0.4 is 10.6 Å². The third-order valence-corrected chi connectivity index (χ3v) is 7.36. The number of urea groups is 1. The van der Waals surface area contributed by atoms with Gasteiger partial charge in [-0.3, -0.25) is 14.9 Å². The standard InChI is InChI=1S/C28H31N9O3/c1-18-26(20-14-29-35(2)15-20)32-37(21-7-5-4-6-8-21)27(18)31-28(38)30-25-17-36(11-12-39-3)16-22(25)19-9-10-23-24(13-19)34-40-33-23/h4-10,13-15,22,25H,11-12,16-17H2,1-3H3,(H2,30,31,38)/t22-,25+/m0/s1. The number of rotatable bonds is 8. The Hall–Kier alpha value is -4.55. The number of hydrogen-bond acceptors (Lipinski definition) is 8. The number of likely N-dealkylation sites (tertiary alicyclic amines) is 1. The van der Waals surface area contributed by atoms with Crippen molar-refractivity contribution in [1.82, 2.24) is 40.1 Å². The van der Waals surface area contributed by atoms with Crippen molar-refractivity contribution < 1.29 is 14.2 Å². The molecule has 2 atom stereocenters. The summed E-state index contributed by atoms with van der Waals surface area (Å²) < 4.78 is 13.7. The lowest BCUT2D eigenvalue weighted by Gasteiger charge is -2.21. The molecule has 3 aromatic heterocycles. The van der Waals surface area contributed by atoms with Crippen LogP contribution in [0.5, 0.6) is 0 Å². The number of fused-ring (bicyclic) bond motifs is 1. The Balaban J connectivity index is 1.28. The zero-order valence-electron chi connectivity index (χ0n) is 22.6. The van der Waals surface area contributed by atoms with Gasteiger partial charge in [0.2, 0.25) is 0 Å². The van der Waals surface area contributed by atoms with E-state index in [4.69, 9.17) is 14.5 Å². The van der Waals surface area contributed by atoms with Crippen molar-refractivity contribution >= 4 is 22.9 Å². The quantitative estimate of drug-likeness (QED) is 0.306. The monoisotopic (exact) mass is 541 g/mol. The number of benzene rings is 2. The van der Waals surface area contributed by atoms with Crippen molar-refractivity contribution in [1.29, 1.82) is 0 Å². The Morgan fingerprint density at radius 2 is 1.95 bits per heavy atom. The average molecular weight is 542 g/mol. The lowest BCUT2D eigenvalue weighted by atomic mass is 9.94. The summed E-state index contributed by atoms with van der Waals surface area (Å²) in [6.07, 6.45) is 3.68. The second kappa shape index (κ2) is 10.9. The van der Waals surface area contributed by atoms with Gasteiger partial charge in [-0.25, -0.2) is 14.1 Å². The molecular formula is C28H31N9O3. The van der Waals surface area contributed by atoms with Gasteiger partial charge in [0.1, 0.15) is 22.5 Å². The Labute approximate surface area is 230 Å². The van der Waals surface area contributed by atoms with Gasteiger partial charge >= 0.3 is 6.03 Å². The second-order valence-corrected chi connectivity index (χ2v) is 10.0. The molecule has 0 unspecified atom stereocenters. The van der Waals surface area contributed by atoms with E-state index in [0.717, 1.165) is 41.2 Å². The number of methoxy groups -OCH3 is 1. The Morgan fingerprint density at radius 1 is 1.12 bits per heavy atom. The van der Waals surface area contributed by atoms with Gasteiger partial charge in [-0.05, 0) is 47.1 Å². The summed E-state index contributed by atoms with van der Waals surface area (Å²) in [7, 11) is 3.56. The molecule has 0 spiro atoms. The summed E-state index contributed by atoms with van der Waals surface area (Å²) in [6, 6.07) is 15.2. The zero-order valence-corrected chi connectivity index (χ0v) is 22.6. The number of carbonyl (C=O) groups is 1. The fourth-order valence-corrected chi connectivity index (χ4v) is 5.33. The molecule has 40 heavy (non-hydrogen) atoms. The van der Waals surface area contributed by atoms with Crippen molar-refractivity contribution in [3.8, 4) is 16.9 Å².